The monoisotopic (exact) mass is 280 g/mol. The first-order chi connectivity index (χ1) is 7.07. The molecule has 0 aliphatic carbocycles. The molecule has 1 aromatic rings. The van der Waals surface area contributed by atoms with E-state index >= 15 is 0 Å². The van der Waals surface area contributed by atoms with E-state index in [4.69, 9.17) is 11.6 Å². The van der Waals surface area contributed by atoms with Gasteiger partial charge in [-0.2, -0.15) is 0 Å². The SMILES string of the molecule is Cc1cc(C(Cl)C(C)(C)S(C)(=O)=O)c(C)s1. The van der Waals surface area contributed by atoms with Crippen LogP contribution in [0.4, 0.5) is 0 Å². The zero-order valence-electron chi connectivity index (χ0n) is 10.2. The number of hydrogen-bond acceptors (Lipinski definition) is 3. The Labute approximate surface area is 107 Å². The summed E-state index contributed by atoms with van der Waals surface area (Å²) in [5, 5.41) is -0.507. The quantitative estimate of drug-likeness (QED) is 0.795. The summed E-state index contributed by atoms with van der Waals surface area (Å²) in [7, 11) is -3.18. The van der Waals surface area contributed by atoms with Gasteiger partial charge >= 0.3 is 0 Å². The van der Waals surface area contributed by atoms with Gasteiger partial charge in [0.1, 0.15) is 0 Å². The van der Waals surface area contributed by atoms with Crippen molar-refractivity contribution in [2.75, 3.05) is 6.26 Å². The van der Waals surface area contributed by atoms with Gasteiger partial charge in [-0.3, -0.25) is 0 Å². The summed E-state index contributed by atoms with van der Waals surface area (Å²) in [6.07, 6.45) is 1.23. The summed E-state index contributed by atoms with van der Waals surface area (Å²) in [4.78, 5) is 2.25. The number of alkyl halides is 1. The van der Waals surface area contributed by atoms with Gasteiger partial charge in [0.25, 0.3) is 0 Å². The predicted octanol–water partition coefficient (Wildman–Crippen LogP) is 3.47. The Kier molecular flexibility index (Phi) is 3.78. The first kappa shape index (κ1) is 14.0. The van der Waals surface area contributed by atoms with E-state index in [-0.39, 0.29) is 0 Å². The Morgan fingerprint density at radius 3 is 2.19 bits per heavy atom. The molecule has 1 aromatic heterocycles. The molecule has 0 spiro atoms. The highest BCUT2D eigenvalue weighted by Gasteiger charge is 2.39. The molecule has 92 valence electrons. The minimum atomic E-state index is -3.18. The Bertz CT molecular complexity index is 486. The van der Waals surface area contributed by atoms with Gasteiger partial charge in [0.05, 0.1) is 10.1 Å². The second kappa shape index (κ2) is 4.31. The van der Waals surface area contributed by atoms with E-state index in [0.29, 0.717) is 0 Å². The Hall–Kier alpha value is -0.0600. The fourth-order valence-electron chi connectivity index (χ4n) is 1.46. The van der Waals surface area contributed by atoms with E-state index in [1.54, 1.807) is 25.2 Å². The minimum absolute atomic E-state index is 0.507. The molecule has 0 aromatic carbocycles. The molecule has 0 saturated heterocycles. The minimum Gasteiger partial charge on any atom is -0.229 e. The molecule has 2 nitrogen and oxygen atoms in total. The maximum absolute atomic E-state index is 11.7. The first-order valence-corrected chi connectivity index (χ1v) is 8.12. The highest BCUT2D eigenvalue weighted by Crippen LogP contribution is 2.41. The Morgan fingerprint density at radius 2 is 1.88 bits per heavy atom. The number of halogens is 1. The van der Waals surface area contributed by atoms with Gasteiger partial charge < -0.3 is 0 Å². The van der Waals surface area contributed by atoms with Crippen LogP contribution in [0.1, 0.15) is 34.5 Å². The fraction of sp³-hybridized carbons (Fsp3) is 0.636. The average Bonchev–Trinajstić information content (AvgIpc) is 2.41. The van der Waals surface area contributed by atoms with E-state index in [1.165, 1.54) is 6.26 Å². The van der Waals surface area contributed by atoms with Crippen molar-refractivity contribution in [2.24, 2.45) is 0 Å². The molecular weight excluding hydrogens is 264 g/mol. The molecule has 0 saturated carbocycles. The van der Waals surface area contributed by atoms with Gasteiger partial charge in [0, 0.05) is 16.0 Å². The topological polar surface area (TPSA) is 34.1 Å². The molecule has 1 unspecified atom stereocenters. The largest absolute Gasteiger partial charge is 0.229 e. The van der Waals surface area contributed by atoms with Crippen molar-refractivity contribution in [1.29, 1.82) is 0 Å². The third-order valence-electron chi connectivity index (χ3n) is 2.92. The van der Waals surface area contributed by atoms with Crippen molar-refractivity contribution in [1.82, 2.24) is 0 Å². The molecule has 0 amide bonds. The molecule has 0 aliphatic rings. The van der Waals surface area contributed by atoms with Gasteiger partial charge in [-0.25, -0.2) is 8.42 Å². The van der Waals surface area contributed by atoms with Crippen LogP contribution >= 0.6 is 22.9 Å². The van der Waals surface area contributed by atoms with Crippen LogP contribution in [0, 0.1) is 13.8 Å². The van der Waals surface area contributed by atoms with E-state index < -0.39 is 20.0 Å². The lowest BCUT2D eigenvalue weighted by Crippen LogP contribution is -2.35. The van der Waals surface area contributed by atoms with Crippen molar-refractivity contribution in [3.05, 3.63) is 21.4 Å². The van der Waals surface area contributed by atoms with Crippen molar-refractivity contribution in [3.63, 3.8) is 0 Å². The van der Waals surface area contributed by atoms with Crippen LogP contribution in [-0.2, 0) is 9.84 Å². The van der Waals surface area contributed by atoms with E-state index in [2.05, 4.69) is 0 Å². The standard InChI is InChI=1S/C11H17ClO2S2/c1-7-6-9(8(2)15-7)10(12)11(3,4)16(5,13)14/h6,10H,1-5H3. The maximum atomic E-state index is 11.7. The highest BCUT2D eigenvalue weighted by molar-refractivity contribution is 7.92. The molecule has 0 bridgehead atoms. The Morgan fingerprint density at radius 1 is 1.38 bits per heavy atom. The maximum Gasteiger partial charge on any atom is 0.154 e. The van der Waals surface area contributed by atoms with Crippen LogP contribution in [0.5, 0.6) is 0 Å². The summed E-state index contributed by atoms with van der Waals surface area (Å²) in [5.41, 5.74) is 0.930. The van der Waals surface area contributed by atoms with Crippen LogP contribution in [0.15, 0.2) is 6.07 Å². The number of aryl methyl sites for hydroxylation is 2. The summed E-state index contributed by atoms with van der Waals surface area (Å²) in [5.74, 6) is 0. The third kappa shape index (κ3) is 2.44. The first-order valence-electron chi connectivity index (χ1n) is 4.98. The zero-order valence-corrected chi connectivity index (χ0v) is 12.6. The number of rotatable bonds is 3. The van der Waals surface area contributed by atoms with Crippen LogP contribution in [0.3, 0.4) is 0 Å². The molecule has 16 heavy (non-hydrogen) atoms. The number of hydrogen-bond donors (Lipinski definition) is 0. The summed E-state index contributed by atoms with van der Waals surface area (Å²) >= 11 is 7.97. The normalized spacial score (nSPS) is 15.1. The molecular formula is C11H17ClO2S2. The molecule has 1 atom stereocenters. The lowest BCUT2D eigenvalue weighted by Gasteiger charge is -2.28. The average molecular weight is 281 g/mol. The van der Waals surface area contributed by atoms with E-state index in [0.717, 1.165) is 15.3 Å². The summed E-state index contributed by atoms with van der Waals surface area (Å²) in [6, 6.07) is 1.98. The second-order valence-corrected chi connectivity index (χ2v) is 9.10. The second-order valence-electron chi connectivity index (χ2n) is 4.61. The highest BCUT2D eigenvalue weighted by atomic mass is 35.5. The van der Waals surface area contributed by atoms with E-state index in [9.17, 15) is 8.42 Å². The molecule has 1 heterocycles. The molecule has 0 aliphatic heterocycles. The van der Waals surface area contributed by atoms with Crippen LogP contribution in [0.25, 0.3) is 0 Å². The van der Waals surface area contributed by atoms with Crippen molar-refractivity contribution >= 4 is 32.8 Å². The predicted molar refractivity (Wildman–Crippen MR) is 71.3 cm³/mol. The van der Waals surface area contributed by atoms with Gasteiger partial charge in [0.15, 0.2) is 9.84 Å². The van der Waals surface area contributed by atoms with Gasteiger partial charge in [0.2, 0.25) is 0 Å². The lowest BCUT2D eigenvalue weighted by molar-refractivity contribution is 0.543. The van der Waals surface area contributed by atoms with Crippen LogP contribution < -0.4 is 0 Å². The summed E-state index contributed by atoms with van der Waals surface area (Å²) in [6.45, 7) is 7.32. The summed E-state index contributed by atoms with van der Waals surface area (Å²) < 4.78 is 22.5. The van der Waals surface area contributed by atoms with Crippen molar-refractivity contribution in [2.45, 2.75) is 37.8 Å². The molecule has 0 fully saturated rings. The number of thiophene rings is 1. The molecule has 0 radical (unpaired) electrons. The lowest BCUT2D eigenvalue weighted by atomic mass is 10.0. The molecule has 1 rings (SSSR count). The number of sulfone groups is 1. The van der Waals surface area contributed by atoms with Crippen LogP contribution in [-0.4, -0.2) is 19.4 Å². The van der Waals surface area contributed by atoms with E-state index in [1.807, 2.05) is 19.9 Å². The third-order valence-corrected chi connectivity index (χ3v) is 6.96. The van der Waals surface area contributed by atoms with Crippen molar-refractivity contribution < 1.29 is 8.42 Å². The van der Waals surface area contributed by atoms with Crippen molar-refractivity contribution in [3.8, 4) is 0 Å². The van der Waals surface area contributed by atoms with Crippen LogP contribution in [0.2, 0.25) is 0 Å². The smallest absolute Gasteiger partial charge is 0.154 e. The van der Waals surface area contributed by atoms with Gasteiger partial charge in [-0.15, -0.1) is 22.9 Å². The molecule has 0 N–H and O–H groups in total. The Balaban J connectivity index is 3.22. The zero-order chi connectivity index (χ0) is 12.7. The fourth-order valence-corrected chi connectivity index (χ4v) is 3.71. The molecule has 5 heteroatoms. The van der Waals surface area contributed by atoms with Gasteiger partial charge in [-0.1, -0.05) is 0 Å². The van der Waals surface area contributed by atoms with Gasteiger partial charge in [-0.05, 0) is 39.3 Å².